The fourth-order valence-corrected chi connectivity index (χ4v) is 3.66. The van der Waals surface area contributed by atoms with E-state index in [1.165, 1.54) is 0 Å². The van der Waals surface area contributed by atoms with Gasteiger partial charge in [-0.05, 0) is 21.9 Å². The Hall–Kier alpha value is -2.45. The summed E-state index contributed by atoms with van der Waals surface area (Å²) in [6.07, 6.45) is 4.15. The zero-order valence-corrected chi connectivity index (χ0v) is 11.2. The fraction of sp³-hybridized carbons (Fsp3) is 0.105. The molecule has 0 saturated carbocycles. The molecule has 3 aromatic rings. The summed E-state index contributed by atoms with van der Waals surface area (Å²) in [5, 5.41) is 3.59. The second-order valence-electron chi connectivity index (χ2n) is 5.61. The molecular formula is C19H12O2. The molecule has 2 aliphatic rings. The van der Waals surface area contributed by atoms with Gasteiger partial charge >= 0.3 is 0 Å². The zero-order valence-electron chi connectivity index (χ0n) is 11.2. The van der Waals surface area contributed by atoms with Crippen molar-refractivity contribution in [1.29, 1.82) is 0 Å². The van der Waals surface area contributed by atoms with Gasteiger partial charge in [-0.3, -0.25) is 4.79 Å². The predicted octanol–water partition coefficient (Wildman–Crippen LogP) is 4.04. The lowest BCUT2D eigenvalue weighted by atomic mass is 9.93. The van der Waals surface area contributed by atoms with E-state index in [0.29, 0.717) is 0 Å². The van der Waals surface area contributed by atoms with Crippen LogP contribution in [0.15, 0.2) is 65.5 Å². The third-order valence-electron chi connectivity index (χ3n) is 4.54. The number of hydrogen-bond acceptors (Lipinski definition) is 2. The van der Waals surface area contributed by atoms with E-state index >= 15 is 0 Å². The molecule has 5 rings (SSSR count). The number of hydrogen-bond donors (Lipinski definition) is 0. The molecule has 0 N–H and O–H groups in total. The Kier molecular flexibility index (Phi) is 2.04. The molecule has 21 heavy (non-hydrogen) atoms. The summed E-state index contributed by atoms with van der Waals surface area (Å²) >= 11 is 0. The smallest absolute Gasteiger partial charge is 0.194 e. The van der Waals surface area contributed by atoms with E-state index in [2.05, 4.69) is 12.2 Å². The Bertz CT molecular complexity index is 924. The highest BCUT2D eigenvalue weighted by Crippen LogP contribution is 2.49. The van der Waals surface area contributed by atoms with Crippen LogP contribution >= 0.6 is 0 Å². The van der Waals surface area contributed by atoms with E-state index in [9.17, 15) is 4.79 Å². The molecule has 100 valence electrons. The Labute approximate surface area is 121 Å². The number of ether oxygens (including phenoxy) is 1. The summed E-state index contributed by atoms with van der Waals surface area (Å²) < 4.78 is 6.03. The van der Waals surface area contributed by atoms with Crippen LogP contribution in [-0.4, -0.2) is 0 Å². The van der Waals surface area contributed by atoms with Gasteiger partial charge in [0.2, 0.25) is 0 Å². The fourth-order valence-electron chi connectivity index (χ4n) is 3.66. The lowest BCUT2D eigenvalue weighted by molar-refractivity contribution is 0.0887. The van der Waals surface area contributed by atoms with Gasteiger partial charge in [0.1, 0.15) is 12.2 Å². The van der Waals surface area contributed by atoms with Crippen LogP contribution in [0.1, 0.15) is 23.3 Å². The molecule has 0 spiro atoms. The first-order valence-electron chi connectivity index (χ1n) is 7.16. The van der Waals surface area contributed by atoms with Crippen molar-refractivity contribution >= 4 is 21.5 Å². The Morgan fingerprint density at radius 2 is 1.10 bits per heavy atom. The monoisotopic (exact) mass is 272 g/mol. The summed E-state index contributed by atoms with van der Waals surface area (Å²) in [7, 11) is 0. The number of rotatable bonds is 0. The summed E-state index contributed by atoms with van der Waals surface area (Å²) in [5.41, 5.74) is 2.43. The molecule has 0 amide bonds. The van der Waals surface area contributed by atoms with E-state index in [1.54, 1.807) is 0 Å². The molecule has 0 saturated heterocycles. The average Bonchev–Trinajstić information content (AvgIpc) is 3.12. The van der Waals surface area contributed by atoms with Gasteiger partial charge in [0.25, 0.3) is 0 Å². The maximum atomic E-state index is 12.9. The molecule has 2 nitrogen and oxygen atoms in total. The van der Waals surface area contributed by atoms with Gasteiger partial charge in [-0.25, -0.2) is 0 Å². The van der Waals surface area contributed by atoms with Gasteiger partial charge in [0.05, 0.1) is 0 Å². The predicted molar refractivity (Wildman–Crippen MR) is 83.4 cm³/mol. The van der Waals surface area contributed by atoms with Crippen molar-refractivity contribution < 1.29 is 4.74 Å². The highest BCUT2D eigenvalue weighted by molar-refractivity contribution is 5.99. The first-order valence-corrected chi connectivity index (χ1v) is 7.16. The number of fused-ring (bicyclic) bond motifs is 9. The normalized spacial score (nSPS) is 22.1. The summed E-state index contributed by atoms with van der Waals surface area (Å²) in [6.45, 7) is 0. The largest absolute Gasteiger partial charge is 0.357 e. The Balaban J connectivity index is 2.17. The van der Waals surface area contributed by atoms with Crippen LogP contribution in [0.25, 0.3) is 21.5 Å². The summed E-state index contributed by atoms with van der Waals surface area (Å²) in [6, 6.07) is 15.7. The molecule has 2 aliphatic heterocycles. The molecule has 2 atom stereocenters. The van der Waals surface area contributed by atoms with Crippen molar-refractivity contribution in [2.45, 2.75) is 12.2 Å². The SMILES string of the molecule is O=c1c2ccccc2c2c(c3ccccc13)C1C=CC2O1. The minimum atomic E-state index is -0.0230. The molecule has 3 aromatic carbocycles. The minimum absolute atomic E-state index is 0.0230. The zero-order chi connectivity index (χ0) is 14.0. The van der Waals surface area contributed by atoms with E-state index in [0.717, 1.165) is 32.7 Å². The lowest BCUT2D eigenvalue weighted by Gasteiger charge is -2.07. The van der Waals surface area contributed by atoms with Gasteiger partial charge in [-0.1, -0.05) is 60.7 Å². The second kappa shape index (κ2) is 3.80. The molecule has 2 unspecified atom stereocenters. The van der Waals surface area contributed by atoms with Crippen LogP contribution in [0.4, 0.5) is 0 Å². The van der Waals surface area contributed by atoms with Gasteiger partial charge in [-0.2, -0.15) is 0 Å². The Morgan fingerprint density at radius 3 is 1.57 bits per heavy atom. The standard InChI is InChI=1S/C19H12O2/c20-19-13-7-3-1-5-11(13)17-15-9-10-16(21-15)18(17)12-6-2-4-8-14(12)19/h1-10,15-16H. The van der Waals surface area contributed by atoms with Gasteiger partial charge < -0.3 is 4.74 Å². The van der Waals surface area contributed by atoms with Crippen molar-refractivity contribution in [1.82, 2.24) is 0 Å². The molecular weight excluding hydrogens is 260 g/mol. The van der Waals surface area contributed by atoms with Crippen LogP contribution in [0.2, 0.25) is 0 Å². The quantitative estimate of drug-likeness (QED) is 0.577. The molecule has 0 radical (unpaired) electrons. The Morgan fingerprint density at radius 1 is 0.667 bits per heavy atom. The molecule has 2 heterocycles. The molecule has 0 aromatic heterocycles. The van der Waals surface area contributed by atoms with Crippen LogP contribution in [-0.2, 0) is 4.74 Å². The summed E-state index contributed by atoms with van der Waals surface area (Å²) in [5.74, 6) is 0. The van der Waals surface area contributed by atoms with E-state index < -0.39 is 0 Å². The molecule has 2 bridgehead atoms. The maximum Gasteiger partial charge on any atom is 0.194 e. The van der Waals surface area contributed by atoms with Crippen LogP contribution in [0, 0.1) is 0 Å². The van der Waals surface area contributed by atoms with Crippen molar-refractivity contribution in [2.24, 2.45) is 0 Å². The van der Waals surface area contributed by atoms with Crippen molar-refractivity contribution in [3.63, 3.8) is 0 Å². The maximum absolute atomic E-state index is 12.9. The highest BCUT2D eigenvalue weighted by atomic mass is 16.5. The van der Waals surface area contributed by atoms with Crippen LogP contribution < -0.4 is 5.43 Å². The van der Waals surface area contributed by atoms with Crippen LogP contribution in [0.5, 0.6) is 0 Å². The first kappa shape index (κ1) is 11.2. The lowest BCUT2D eigenvalue weighted by Crippen LogP contribution is -1.99. The van der Waals surface area contributed by atoms with Gasteiger partial charge in [0.15, 0.2) is 5.43 Å². The average molecular weight is 272 g/mol. The van der Waals surface area contributed by atoms with Crippen LogP contribution in [0.3, 0.4) is 0 Å². The van der Waals surface area contributed by atoms with Crippen molar-refractivity contribution in [2.75, 3.05) is 0 Å². The second-order valence-corrected chi connectivity index (χ2v) is 5.61. The molecule has 0 fully saturated rings. The summed E-state index contributed by atoms with van der Waals surface area (Å²) in [4.78, 5) is 12.9. The number of benzene rings is 2. The third kappa shape index (κ3) is 1.33. The third-order valence-corrected chi connectivity index (χ3v) is 4.54. The van der Waals surface area contributed by atoms with E-state index in [4.69, 9.17) is 4.74 Å². The van der Waals surface area contributed by atoms with E-state index in [-0.39, 0.29) is 17.6 Å². The molecule has 0 aliphatic carbocycles. The van der Waals surface area contributed by atoms with Crippen molar-refractivity contribution in [3.05, 3.63) is 82.0 Å². The first-order chi connectivity index (χ1) is 10.3. The highest BCUT2D eigenvalue weighted by Gasteiger charge is 2.36. The topological polar surface area (TPSA) is 26.3 Å². The van der Waals surface area contributed by atoms with E-state index in [1.807, 2.05) is 48.5 Å². The van der Waals surface area contributed by atoms with Gasteiger partial charge in [-0.15, -0.1) is 0 Å². The molecule has 2 heteroatoms. The van der Waals surface area contributed by atoms with Crippen molar-refractivity contribution in [3.8, 4) is 0 Å². The minimum Gasteiger partial charge on any atom is -0.357 e. The van der Waals surface area contributed by atoms with Gasteiger partial charge in [0, 0.05) is 10.8 Å².